The van der Waals surface area contributed by atoms with Crippen molar-refractivity contribution in [2.45, 2.75) is 44.4 Å². The average Bonchev–Trinajstić information content (AvgIpc) is 2.37. The van der Waals surface area contributed by atoms with Crippen molar-refractivity contribution in [3.63, 3.8) is 0 Å². The van der Waals surface area contributed by atoms with Gasteiger partial charge in [0.05, 0.1) is 18.8 Å². The molecule has 1 saturated heterocycles. The van der Waals surface area contributed by atoms with Crippen molar-refractivity contribution in [1.29, 1.82) is 0 Å². The zero-order valence-corrected chi connectivity index (χ0v) is 11.3. The highest BCUT2D eigenvalue weighted by Crippen LogP contribution is 2.39. The lowest BCUT2D eigenvalue weighted by Crippen LogP contribution is -2.54. The molecule has 0 amide bonds. The quantitative estimate of drug-likeness (QED) is 0.827. The van der Waals surface area contributed by atoms with Crippen LogP contribution in [0.3, 0.4) is 0 Å². The van der Waals surface area contributed by atoms with Gasteiger partial charge in [0.15, 0.2) is 0 Å². The van der Waals surface area contributed by atoms with Crippen LogP contribution in [0.15, 0.2) is 18.2 Å². The molecule has 2 aliphatic rings. The lowest BCUT2D eigenvalue weighted by atomic mass is 9.83. The van der Waals surface area contributed by atoms with E-state index in [2.05, 4.69) is 31.3 Å². The Balaban J connectivity index is 1.95. The second kappa shape index (κ2) is 4.25. The first-order valence-electron chi connectivity index (χ1n) is 6.67. The van der Waals surface area contributed by atoms with E-state index in [1.165, 1.54) is 11.1 Å². The Hall–Kier alpha value is -1.06. The van der Waals surface area contributed by atoms with Gasteiger partial charge in [-0.2, -0.15) is 0 Å². The molecule has 3 heteroatoms. The number of rotatable bonds is 1. The third-order valence-electron chi connectivity index (χ3n) is 3.98. The summed E-state index contributed by atoms with van der Waals surface area (Å²) in [6.45, 7) is 5.22. The van der Waals surface area contributed by atoms with Crippen molar-refractivity contribution in [3.8, 4) is 5.75 Å². The normalized spacial score (nSPS) is 29.3. The van der Waals surface area contributed by atoms with Gasteiger partial charge in [0.25, 0.3) is 0 Å². The molecule has 0 saturated carbocycles. The van der Waals surface area contributed by atoms with Gasteiger partial charge < -0.3 is 14.8 Å². The first-order chi connectivity index (χ1) is 8.59. The molecule has 1 aromatic rings. The molecule has 1 aliphatic carbocycles. The standard InChI is InChI=1S/C15H21NO2/c1-15(2)9-16-13-7-4-10-8-11(17-3)5-6-12(10)14(13)18-15/h5-6,8,13-14,16H,4,7,9H2,1-3H3. The van der Waals surface area contributed by atoms with E-state index >= 15 is 0 Å². The van der Waals surface area contributed by atoms with Gasteiger partial charge in [-0.1, -0.05) is 6.07 Å². The average molecular weight is 247 g/mol. The molecule has 0 spiro atoms. The fourth-order valence-corrected chi connectivity index (χ4v) is 3.00. The highest BCUT2D eigenvalue weighted by molar-refractivity contribution is 5.39. The third-order valence-corrected chi connectivity index (χ3v) is 3.98. The maximum atomic E-state index is 6.27. The van der Waals surface area contributed by atoms with Crippen molar-refractivity contribution in [2.75, 3.05) is 13.7 Å². The maximum Gasteiger partial charge on any atom is 0.119 e. The molecule has 18 heavy (non-hydrogen) atoms. The Morgan fingerprint density at radius 3 is 3.00 bits per heavy atom. The van der Waals surface area contributed by atoms with Crippen LogP contribution in [0.2, 0.25) is 0 Å². The van der Waals surface area contributed by atoms with Gasteiger partial charge in [-0.25, -0.2) is 0 Å². The second-order valence-corrected chi connectivity index (χ2v) is 5.89. The fourth-order valence-electron chi connectivity index (χ4n) is 3.00. The number of ether oxygens (including phenoxy) is 2. The molecule has 1 N–H and O–H groups in total. The molecule has 2 unspecified atom stereocenters. The van der Waals surface area contributed by atoms with Crippen LogP contribution in [0.25, 0.3) is 0 Å². The molecule has 3 rings (SSSR count). The summed E-state index contributed by atoms with van der Waals surface area (Å²) >= 11 is 0. The third kappa shape index (κ3) is 2.02. The van der Waals surface area contributed by atoms with Gasteiger partial charge in [0, 0.05) is 12.6 Å². The van der Waals surface area contributed by atoms with Crippen molar-refractivity contribution < 1.29 is 9.47 Å². The summed E-state index contributed by atoms with van der Waals surface area (Å²) < 4.78 is 11.6. The molecule has 1 heterocycles. The highest BCUT2D eigenvalue weighted by Gasteiger charge is 2.39. The van der Waals surface area contributed by atoms with Gasteiger partial charge in [0.1, 0.15) is 5.75 Å². The van der Waals surface area contributed by atoms with E-state index in [4.69, 9.17) is 9.47 Å². The molecular weight excluding hydrogens is 226 g/mol. The molecule has 1 fully saturated rings. The van der Waals surface area contributed by atoms with E-state index in [0.717, 1.165) is 25.1 Å². The first kappa shape index (κ1) is 12.0. The van der Waals surface area contributed by atoms with Gasteiger partial charge in [-0.3, -0.25) is 0 Å². The van der Waals surface area contributed by atoms with Crippen LogP contribution >= 0.6 is 0 Å². The van der Waals surface area contributed by atoms with E-state index in [9.17, 15) is 0 Å². The summed E-state index contributed by atoms with van der Waals surface area (Å²) in [5.41, 5.74) is 2.61. The molecule has 0 bridgehead atoms. The topological polar surface area (TPSA) is 30.5 Å². The van der Waals surface area contributed by atoms with Gasteiger partial charge in [0.2, 0.25) is 0 Å². The minimum absolute atomic E-state index is 0.0876. The van der Waals surface area contributed by atoms with Crippen LogP contribution in [0.1, 0.15) is 37.5 Å². The van der Waals surface area contributed by atoms with Crippen LogP contribution in [0.5, 0.6) is 5.75 Å². The number of benzene rings is 1. The number of morpholine rings is 1. The Kier molecular flexibility index (Phi) is 2.83. The lowest BCUT2D eigenvalue weighted by Gasteiger charge is -2.45. The number of fused-ring (bicyclic) bond motifs is 3. The minimum Gasteiger partial charge on any atom is -0.497 e. The molecule has 1 aliphatic heterocycles. The first-order valence-corrected chi connectivity index (χ1v) is 6.67. The van der Waals surface area contributed by atoms with E-state index < -0.39 is 0 Å². The Bertz CT molecular complexity index is 456. The monoisotopic (exact) mass is 247 g/mol. The Labute approximate surface area is 108 Å². The molecule has 98 valence electrons. The van der Waals surface area contributed by atoms with Gasteiger partial charge in [-0.15, -0.1) is 0 Å². The number of methoxy groups -OCH3 is 1. The predicted molar refractivity (Wildman–Crippen MR) is 71.0 cm³/mol. The van der Waals surface area contributed by atoms with Crippen molar-refractivity contribution >= 4 is 0 Å². The molecule has 2 atom stereocenters. The van der Waals surface area contributed by atoms with Crippen molar-refractivity contribution in [2.24, 2.45) is 0 Å². The number of hydrogen-bond acceptors (Lipinski definition) is 3. The van der Waals surface area contributed by atoms with E-state index in [1.54, 1.807) is 7.11 Å². The molecule has 0 aromatic heterocycles. The Morgan fingerprint density at radius 2 is 2.22 bits per heavy atom. The largest absolute Gasteiger partial charge is 0.497 e. The minimum atomic E-state index is -0.0876. The fraction of sp³-hybridized carbons (Fsp3) is 0.600. The zero-order valence-electron chi connectivity index (χ0n) is 11.3. The molecule has 1 aromatic carbocycles. The number of hydrogen-bond donors (Lipinski definition) is 1. The smallest absolute Gasteiger partial charge is 0.119 e. The van der Waals surface area contributed by atoms with Crippen LogP contribution in [-0.4, -0.2) is 25.3 Å². The summed E-state index contributed by atoms with van der Waals surface area (Å²) in [7, 11) is 1.72. The summed E-state index contributed by atoms with van der Waals surface area (Å²) in [6.07, 6.45) is 2.43. The lowest BCUT2D eigenvalue weighted by molar-refractivity contribution is -0.122. The number of nitrogens with one attached hydrogen (secondary N) is 1. The second-order valence-electron chi connectivity index (χ2n) is 5.89. The maximum absolute atomic E-state index is 6.27. The molecule has 3 nitrogen and oxygen atoms in total. The summed E-state index contributed by atoms with van der Waals surface area (Å²) in [4.78, 5) is 0. The van der Waals surface area contributed by atoms with Crippen molar-refractivity contribution in [1.82, 2.24) is 5.32 Å². The Morgan fingerprint density at radius 1 is 1.39 bits per heavy atom. The van der Waals surface area contributed by atoms with Crippen molar-refractivity contribution in [3.05, 3.63) is 29.3 Å². The molecular formula is C15H21NO2. The zero-order chi connectivity index (χ0) is 12.8. The number of aryl methyl sites for hydroxylation is 1. The summed E-state index contributed by atoms with van der Waals surface area (Å²) in [6, 6.07) is 6.80. The van der Waals surface area contributed by atoms with Gasteiger partial charge >= 0.3 is 0 Å². The molecule has 0 radical (unpaired) electrons. The van der Waals surface area contributed by atoms with E-state index in [-0.39, 0.29) is 11.7 Å². The summed E-state index contributed by atoms with van der Waals surface area (Å²) in [5, 5.41) is 3.62. The summed E-state index contributed by atoms with van der Waals surface area (Å²) in [5.74, 6) is 0.940. The highest BCUT2D eigenvalue weighted by atomic mass is 16.5. The van der Waals surface area contributed by atoms with Crippen LogP contribution in [0.4, 0.5) is 0 Å². The van der Waals surface area contributed by atoms with Crippen LogP contribution < -0.4 is 10.1 Å². The van der Waals surface area contributed by atoms with Gasteiger partial charge in [-0.05, 0) is 49.9 Å². The predicted octanol–water partition coefficient (Wildman–Crippen LogP) is 2.45. The SMILES string of the molecule is COc1ccc2c(c1)CCC1NCC(C)(C)OC21. The van der Waals surface area contributed by atoms with Crippen LogP contribution in [0, 0.1) is 0 Å². The van der Waals surface area contributed by atoms with E-state index in [0.29, 0.717) is 6.04 Å². The van der Waals surface area contributed by atoms with Crippen LogP contribution in [-0.2, 0) is 11.2 Å². The van der Waals surface area contributed by atoms with E-state index in [1.807, 2.05) is 6.07 Å².